The fourth-order valence-corrected chi connectivity index (χ4v) is 0.678. The Bertz CT molecular complexity index is 156. The Labute approximate surface area is 121 Å². The number of thiol groups is 1. The van der Waals surface area contributed by atoms with Crippen molar-refractivity contribution in [2.45, 2.75) is 13.0 Å². The van der Waals surface area contributed by atoms with E-state index in [2.05, 4.69) is 17.9 Å². The number of carboxylic acid groups (broad SMARTS) is 1. The molecular weight excluding hydrogens is 200 g/mol. The number of hydrogen-bond acceptors (Lipinski definition) is 3. The van der Waals surface area contributed by atoms with Crippen LogP contribution in [0.3, 0.4) is 0 Å². The molecule has 2 N–H and O–H groups in total. The summed E-state index contributed by atoms with van der Waals surface area (Å²) in [5, 5.41) is 10.6. The van der Waals surface area contributed by atoms with Gasteiger partial charge in [0.05, 0.1) is 0 Å². The molecule has 0 aliphatic heterocycles. The van der Waals surface area contributed by atoms with Crippen molar-refractivity contribution in [2.24, 2.45) is 0 Å². The van der Waals surface area contributed by atoms with Gasteiger partial charge in [0.15, 0.2) is 0 Å². The summed E-state index contributed by atoms with van der Waals surface area (Å²) >= 11 is 3.73. The van der Waals surface area contributed by atoms with Crippen LogP contribution in [0.2, 0.25) is 0 Å². The number of aliphatic carboxylic acids is 1. The first-order chi connectivity index (χ1) is 4.57. The van der Waals surface area contributed by atoms with E-state index in [1.165, 1.54) is 6.92 Å². The molecule has 2 radical (unpaired) electrons. The van der Waals surface area contributed by atoms with Crippen molar-refractivity contribution in [3.05, 3.63) is 0 Å². The SMILES string of the molecule is CC(=O)N[C@@H](CS)C(=O)O.[Na].[Na]. The first-order valence-electron chi connectivity index (χ1n) is 2.68. The quantitative estimate of drug-likeness (QED) is 0.401. The smallest absolute Gasteiger partial charge is 0.327 e. The van der Waals surface area contributed by atoms with Crippen molar-refractivity contribution in [3.63, 3.8) is 0 Å². The molecule has 0 spiro atoms. The second-order valence-electron chi connectivity index (χ2n) is 1.77. The number of hydrogen-bond donors (Lipinski definition) is 3. The van der Waals surface area contributed by atoms with Crippen LogP contribution < -0.4 is 5.32 Å². The number of rotatable bonds is 3. The average Bonchev–Trinajstić information content (AvgIpc) is 1.81. The Kier molecular flexibility index (Phi) is 16.4. The maximum Gasteiger partial charge on any atom is 0.327 e. The number of carbonyl (C=O) groups excluding carboxylic acids is 1. The van der Waals surface area contributed by atoms with Gasteiger partial charge >= 0.3 is 5.97 Å². The molecule has 0 aromatic heterocycles. The first kappa shape index (κ1) is 19.0. The molecule has 0 aromatic carbocycles. The second kappa shape index (κ2) is 10.4. The zero-order chi connectivity index (χ0) is 8.15. The molecular formula is C5H9NNa2O3S. The van der Waals surface area contributed by atoms with Gasteiger partial charge in [-0.05, 0) is 0 Å². The normalized spacial score (nSPS) is 10.2. The third kappa shape index (κ3) is 9.38. The molecule has 0 heterocycles. The van der Waals surface area contributed by atoms with Gasteiger partial charge in [-0.15, -0.1) is 0 Å². The molecule has 7 heteroatoms. The molecule has 0 saturated carbocycles. The third-order valence-corrected chi connectivity index (χ3v) is 1.22. The molecule has 0 unspecified atom stereocenters. The topological polar surface area (TPSA) is 66.4 Å². The van der Waals surface area contributed by atoms with Crippen LogP contribution in [0.1, 0.15) is 6.92 Å². The summed E-state index contributed by atoms with van der Waals surface area (Å²) < 4.78 is 0. The minimum atomic E-state index is -1.06. The summed E-state index contributed by atoms with van der Waals surface area (Å²) in [5.41, 5.74) is 0. The van der Waals surface area contributed by atoms with Gasteiger partial charge in [0, 0.05) is 71.8 Å². The van der Waals surface area contributed by atoms with E-state index >= 15 is 0 Å². The number of nitrogens with one attached hydrogen (secondary N) is 1. The first-order valence-corrected chi connectivity index (χ1v) is 3.32. The number of amides is 1. The van der Waals surface area contributed by atoms with Crippen LogP contribution in [0.15, 0.2) is 0 Å². The molecule has 0 fully saturated rings. The van der Waals surface area contributed by atoms with Gasteiger partial charge in [-0.25, -0.2) is 4.79 Å². The molecule has 1 amide bonds. The van der Waals surface area contributed by atoms with Crippen LogP contribution in [0.5, 0.6) is 0 Å². The van der Waals surface area contributed by atoms with Crippen LogP contribution in [-0.4, -0.2) is 87.9 Å². The van der Waals surface area contributed by atoms with Crippen molar-refractivity contribution in [1.29, 1.82) is 0 Å². The van der Waals surface area contributed by atoms with Crippen molar-refractivity contribution in [1.82, 2.24) is 5.32 Å². The Balaban J connectivity index is -0.000000405. The average molecular weight is 209 g/mol. The summed E-state index contributed by atoms with van der Waals surface area (Å²) in [6, 6.07) is -0.874. The maximum atomic E-state index is 10.3. The van der Waals surface area contributed by atoms with Crippen molar-refractivity contribution < 1.29 is 14.7 Å². The van der Waals surface area contributed by atoms with Gasteiger partial charge in [0.1, 0.15) is 6.04 Å². The van der Waals surface area contributed by atoms with Gasteiger partial charge in [-0.3, -0.25) is 4.79 Å². The zero-order valence-electron chi connectivity index (χ0n) is 7.50. The van der Waals surface area contributed by atoms with E-state index in [4.69, 9.17) is 5.11 Å². The monoisotopic (exact) mass is 209 g/mol. The van der Waals surface area contributed by atoms with Crippen molar-refractivity contribution in [2.75, 3.05) is 5.75 Å². The van der Waals surface area contributed by atoms with E-state index < -0.39 is 12.0 Å². The molecule has 0 rings (SSSR count). The molecule has 0 aliphatic carbocycles. The van der Waals surface area contributed by atoms with Gasteiger partial charge in [0.25, 0.3) is 0 Å². The van der Waals surface area contributed by atoms with E-state index in [1.54, 1.807) is 0 Å². The van der Waals surface area contributed by atoms with Crippen molar-refractivity contribution >= 4 is 83.6 Å². The van der Waals surface area contributed by atoms with Crippen LogP contribution in [-0.2, 0) is 9.59 Å². The molecule has 0 aliphatic rings. The number of carbonyl (C=O) groups is 2. The van der Waals surface area contributed by atoms with E-state index in [0.717, 1.165) is 0 Å². The standard InChI is InChI=1S/C5H9NO3S.2Na/c1-3(7)6-4(2-10)5(8)9;;/h4,10H,2H2,1H3,(H,6,7)(H,8,9);;/t4-;;/m0../s1. The molecule has 4 nitrogen and oxygen atoms in total. The molecule has 60 valence electrons. The van der Waals surface area contributed by atoms with Gasteiger partial charge in [-0.2, -0.15) is 12.6 Å². The summed E-state index contributed by atoms with van der Waals surface area (Å²) in [6.07, 6.45) is 0. The molecule has 0 aromatic rings. The third-order valence-electron chi connectivity index (χ3n) is 0.858. The fraction of sp³-hybridized carbons (Fsp3) is 0.600. The zero-order valence-corrected chi connectivity index (χ0v) is 12.4. The predicted molar refractivity (Wildman–Crippen MR) is 50.6 cm³/mol. The van der Waals surface area contributed by atoms with Crippen LogP contribution in [0.25, 0.3) is 0 Å². The predicted octanol–water partition coefficient (Wildman–Crippen LogP) is -1.26. The van der Waals surface area contributed by atoms with Crippen LogP contribution in [0, 0.1) is 0 Å². The molecule has 0 saturated heterocycles. The Morgan fingerprint density at radius 2 is 1.92 bits per heavy atom. The summed E-state index contributed by atoms with van der Waals surface area (Å²) in [7, 11) is 0. The minimum Gasteiger partial charge on any atom is -0.480 e. The van der Waals surface area contributed by atoms with Gasteiger partial charge < -0.3 is 10.4 Å². The second-order valence-corrected chi connectivity index (χ2v) is 2.14. The molecule has 0 bridgehead atoms. The minimum absolute atomic E-state index is 0. The van der Waals surface area contributed by atoms with Gasteiger partial charge in [-0.1, -0.05) is 0 Å². The summed E-state index contributed by atoms with van der Waals surface area (Å²) in [5.74, 6) is -1.32. The summed E-state index contributed by atoms with van der Waals surface area (Å²) in [4.78, 5) is 20.5. The van der Waals surface area contributed by atoms with Crippen molar-refractivity contribution in [3.8, 4) is 0 Å². The Morgan fingerprint density at radius 3 is 2.00 bits per heavy atom. The van der Waals surface area contributed by atoms with E-state index in [9.17, 15) is 9.59 Å². The van der Waals surface area contributed by atoms with E-state index in [-0.39, 0.29) is 70.8 Å². The van der Waals surface area contributed by atoms with Crippen LogP contribution in [0.4, 0.5) is 0 Å². The molecule has 12 heavy (non-hydrogen) atoms. The Morgan fingerprint density at radius 1 is 1.50 bits per heavy atom. The van der Waals surface area contributed by atoms with Crippen LogP contribution >= 0.6 is 12.6 Å². The number of carboxylic acids is 1. The largest absolute Gasteiger partial charge is 0.480 e. The fourth-order valence-electron chi connectivity index (χ4n) is 0.431. The Hall–Kier alpha value is 1.29. The van der Waals surface area contributed by atoms with E-state index in [1.807, 2.05) is 0 Å². The van der Waals surface area contributed by atoms with E-state index in [0.29, 0.717) is 0 Å². The molecule has 1 atom stereocenters. The summed E-state index contributed by atoms with van der Waals surface area (Å²) in [6.45, 7) is 1.26. The van der Waals surface area contributed by atoms with Gasteiger partial charge in [0.2, 0.25) is 5.91 Å². The maximum absolute atomic E-state index is 10.3.